The van der Waals surface area contributed by atoms with Gasteiger partial charge in [0.2, 0.25) is 0 Å². The Hall–Kier alpha value is -0.770. The first-order valence-corrected chi connectivity index (χ1v) is 6.56. The Morgan fingerprint density at radius 2 is 1.88 bits per heavy atom. The van der Waals surface area contributed by atoms with Crippen LogP contribution in [-0.2, 0) is 0 Å². The quantitative estimate of drug-likeness (QED) is 0.761. The van der Waals surface area contributed by atoms with Crippen LogP contribution in [0.25, 0.3) is 0 Å². The highest BCUT2D eigenvalue weighted by Crippen LogP contribution is 2.31. The third kappa shape index (κ3) is 3.37. The SMILES string of the molecule is NC(CNC(=O)N1CCCCCC1)C1CC1. The molecular formula is C12H23N3O. The topological polar surface area (TPSA) is 58.4 Å². The highest BCUT2D eigenvalue weighted by Gasteiger charge is 2.28. The molecule has 4 nitrogen and oxygen atoms in total. The van der Waals surface area contributed by atoms with E-state index in [-0.39, 0.29) is 12.1 Å². The van der Waals surface area contributed by atoms with Crippen molar-refractivity contribution in [2.75, 3.05) is 19.6 Å². The van der Waals surface area contributed by atoms with E-state index in [1.807, 2.05) is 4.90 Å². The van der Waals surface area contributed by atoms with E-state index in [1.54, 1.807) is 0 Å². The van der Waals surface area contributed by atoms with Crippen LogP contribution in [0.5, 0.6) is 0 Å². The maximum Gasteiger partial charge on any atom is 0.317 e. The summed E-state index contributed by atoms with van der Waals surface area (Å²) in [6.45, 7) is 2.45. The number of nitrogens with two attached hydrogens (primary N) is 1. The van der Waals surface area contributed by atoms with Gasteiger partial charge >= 0.3 is 6.03 Å². The van der Waals surface area contributed by atoms with Gasteiger partial charge in [0.25, 0.3) is 0 Å². The Kier molecular flexibility index (Phi) is 4.04. The second-order valence-electron chi connectivity index (χ2n) is 5.09. The number of urea groups is 1. The molecule has 1 saturated heterocycles. The third-order valence-electron chi connectivity index (χ3n) is 3.61. The summed E-state index contributed by atoms with van der Waals surface area (Å²) in [5, 5.41) is 2.96. The fourth-order valence-corrected chi connectivity index (χ4v) is 2.28. The lowest BCUT2D eigenvalue weighted by Crippen LogP contribution is -2.45. The Morgan fingerprint density at radius 1 is 1.25 bits per heavy atom. The molecule has 2 fully saturated rings. The van der Waals surface area contributed by atoms with Crippen molar-refractivity contribution >= 4 is 6.03 Å². The summed E-state index contributed by atoms with van der Waals surface area (Å²) in [4.78, 5) is 13.8. The largest absolute Gasteiger partial charge is 0.336 e. The van der Waals surface area contributed by atoms with Crippen molar-refractivity contribution in [2.45, 2.75) is 44.6 Å². The molecule has 2 aliphatic rings. The molecule has 0 aromatic carbocycles. The third-order valence-corrected chi connectivity index (χ3v) is 3.61. The van der Waals surface area contributed by atoms with Crippen molar-refractivity contribution < 1.29 is 4.79 Å². The summed E-state index contributed by atoms with van der Waals surface area (Å²) >= 11 is 0. The lowest BCUT2D eigenvalue weighted by Gasteiger charge is -2.22. The molecular weight excluding hydrogens is 202 g/mol. The maximum absolute atomic E-state index is 11.9. The number of hydrogen-bond donors (Lipinski definition) is 2. The zero-order chi connectivity index (χ0) is 11.4. The van der Waals surface area contributed by atoms with E-state index < -0.39 is 0 Å². The van der Waals surface area contributed by atoms with E-state index in [2.05, 4.69) is 5.32 Å². The van der Waals surface area contributed by atoms with Gasteiger partial charge in [0.1, 0.15) is 0 Å². The average Bonchev–Trinajstić information content (AvgIpc) is 3.09. The van der Waals surface area contributed by atoms with Crippen LogP contribution >= 0.6 is 0 Å². The second kappa shape index (κ2) is 5.53. The molecule has 0 spiro atoms. The number of rotatable bonds is 3. The first-order valence-electron chi connectivity index (χ1n) is 6.56. The fourth-order valence-electron chi connectivity index (χ4n) is 2.28. The molecule has 0 radical (unpaired) electrons. The standard InChI is InChI=1S/C12H23N3O/c13-11(10-5-6-10)9-14-12(16)15-7-3-1-2-4-8-15/h10-11H,1-9,13H2,(H,14,16). The predicted octanol–water partition coefficient (Wildman–Crippen LogP) is 1.31. The molecule has 92 valence electrons. The summed E-state index contributed by atoms with van der Waals surface area (Å²) in [6.07, 6.45) is 7.27. The number of carbonyl (C=O) groups excluding carboxylic acids is 1. The van der Waals surface area contributed by atoms with E-state index >= 15 is 0 Å². The van der Waals surface area contributed by atoms with Crippen LogP contribution in [0.3, 0.4) is 0 Å². The molecule has 0 aromatic rings. The molecule has 3 N–H and O–H groups in total. The van der Waals surface area contributed by atoms with Crippen molar-refractivity contribution in [3.05, 3.63) is 0 Å². The molecule has 0 aromatic heterocycles. The minimum absolute atomic E-state index is 0.0815. The molecule has 1 unspecified atom stereocenters. The number of hydrogen-bond acceptors (Lipinski definition) is 2. The van der Waals surface area contributed by atoms with Gasteiger partial charge in [-0.3, -0.25) is 0 Å². The van der Waals surface area contributed by atoms with Gasteiger partial charge in [0.05, 0.1) is 0 Å². The van der Waals surface area contributed by atoms with Crippen LogP contribution in [0.2, 0.25) is 0 Å². The fraction of sp³-hybridized carbons (Fsp3) is 0.917. The summed E-state index contributed by atoms with van der Waals surface area (Å²) in [5.41, 5.74) is 5.95. The van der Waals surface area contributed by atoms with Gasteiger partial charge in [0.15, 0.2) is 0 Å². The summed E-state index contributed by atoms with van der Waals surface area (Å²) in [6, 6.07) is 0.244. The highest BCUT2D eigenvalue weighted by molar-refractivity contribution is 5.74. The van der Waals surface area contributed by atoms with Crippen LogP contribution in [0, 0.1) is 5.92 Å². The van der Waals surface area contributed by atoms with Gasteiger partial charge in [-0.1, -0.05) is 12.8 Å². The van der Waals surface area contributed by atoms with Gasteiger partial charge in [-0.2, -0.15) is 0 Å². The molecule has 16 heavy (non-hydrogen) atoms. The molecule has 1 saturated carbocycles. The molecule has 1 aliphatic carbocycles. The van der Waals surface area contributed by atoms with Gasteiger partial charge < -0.3 is 16.0 Å². The van der Waals surface area contributed by atoms with E-state index in [0.29, 0.717) is 12.5 Å². The molecule has 1 atom stereocenters. The van der Waals surface area contributed by atoms with Crippen molar-refractivity contribution in [3.8, 4) is 0 Å². The van der Waals surface area contributed by atoms with E-state index in [9.17, 15) is 4.79 Å². The van der Waals surface area contributed by atoms with Crippen LogP contribution in [0.15, 0.2) is 0 Å². The Labute approximate surface area is 97.6 Å². The Morgan fingerprint density at radius 3 is 2.44 bits per heavy atom. The van der Waals surface area contributed by atoms with Crippen LogP contribution in [-0.4, -0.2) is 36.6 Å². The number of nitrogens with one attached hydrogen (secondary N) is 1. The van der Waals surface area contributed by atoms with Crippen molar-refractivity contribution in [2.24, 2.45) is 11.7 Å². The van der Waals surface area contributed by atoms with Crippen LogP contribution in [0.1, 0.15) is 38.5 Å². The maximum atomic E-state index is 11.9. The van der Waals surface area contributed by atoms with Crippen molar-refractivity contribution in [1.82, 2.24) is 10.2 Å². The predicted molar refractivity (Wildman–Crippen MR) is 64.1 cm³/mol. The zero-order valence-electron chi connectivity index (χ0n) is 9.95. The average molecular weight is 225 g/mol. The molecule has 2 amide bonds. The molecule has 2 rings (SSSR count). The van der Waals surface area contributed by atoms with E-state index in [1.165, 1.54) is 25.7 Å². The number of carbonyl (C=O) groups is 1. The Bertz CT molecular complexity index is 232. The molecule has 4 heteroatoms. The lowest BCUT2D eigenvalue weighted by molar-refractivity contribution is 0.199. The smallest absolute Gasteiger partial charge is 0.317 e. The van der Waals surface area contributed by atoms with Crippen LogP contribution < -0.4 is 11.1 Å². The minimum Gasteiger partial charge on any atom is -0.336 e. The lowest BCUT2D eigenvalue weighted by atomic mass is 10.2. The van der Waals surface area contributed by atoms with E-state index in [4.69, 9.17) is 5.73 Å². The minimum atomic E-state index is 0.0815. The van der Waals surface area contributed by atoms with Gasteiger partial charge in [-0.05, 0) is 31.6 Å². The monoisotopic (exact) mass is 225 g/mol. The first kappa shape index (κ1) is 11.7. The molecule has 1 aliphatic heterocycles. The molecule has 0 bridgehead atoms. The highest BCUT2D eigenvalue weighted by atomic mass is 16.2. The van der Waals surface area contributed by atoms with E-state index in [0.717, 1.165) is 25.9 Å². The van der Waals surface area contributed by atoms with Crippen molar-refractivity contribution in [1.29, 1.82) is 0 Å². The summed E-state index contributed by atoms with van der Waals surface area (Å²) in [7, 11) is 0. The van der Waals surface area contributed by atoms with Gasteiger partial charge in [0, 0.05) is 25.7 Å². The number of amides is 2. The first-order chi connectivity index (χ1) is 7.77. The van der Waals surface area contributed by atoms with Crippen LogP contribution in [0.4, 0.5) is 4.79 Å². The summed E-state index contributed by atoms with van der Waals surface area (Å²) in [5.74, 6) is 0.657. The number of likely N-dealkylation sites (tertiary alicyclic amines) is 1. The number of nitrogens with zero attached hydrogens (tertiary/aromatic N) is 1. The Balaban J connectivity index is 1.68. The molecule has 1 heterocycles. The normalized spacial score (nSPS) is 23.7. The van der Waals surface area contributed by atoms with Gasteiger partial charge in [-0.25, -0.2) is 4.79 Å². The zero-order valence-corrected chi connectivity index (χ0v) is 9.95. The second-order valence-corrected chi connectivity index (χ2v) is 5.09. The van der Waals surface area contributed by atoms with Gasteiger partial charge in [-0.15, -0.1) is 0 Å². The van der Waals surface area contributed by atoms with Crippen molar-refractivity contribution in [3.63, 3.8) is 0 Å². The summed E-state index contributed by atoms with van der Waals surface area (Å²) < 4.78 is 0.